The number of carbonyl (C=O) groups is 1. The molecule has 6 nitrogen and oxygen atoms in total. The van der Waals surface area contributed by atoms with Crippen LogP contribution in [0.3, 0.4) is 0 Å². The van der Waals surface area contributed by atoms with E-state index < -0.39 is 31.6 Å². The van der Waals surface area contributed by atoms with Crippen LogP contribution >= 0.6 is 7.60 Å². The van der Waals surface area contributed by atoms with Gasteiger partial charge in [0.25, 0.3) is 0 Å². The Labute approximate surface area is 261 Å². The van der Waals surface area contributed by atoms with Crippen LogP contribution < -0.4 is 5.32 Å². The van der Waals surface area contributed by atoms with Crippen LogP contribution in [0.1, 0.15) is 53.5 Å². The first-order valence-corrected chi connectivity index (χ1v) is 16.7. The minimum Gasteiger partial charge on any atom is -0.346 e. The highest BCUT2D eigenvalue weighted by atomic mass is 31.2. The van der Waals surface area contributed by atoms with Crippen molar-refractivity contribution in [2.75, 3.05) is 12.7 Å². The fraction of sp³-hybridized carbons (Fsp3) is 0.314. The first-order valence-electron chi connectivity index (χ1n) is 15.0. The molecule has 0 saturated carbocycles. The number of rotatable bonds is 14. The Morgan fingerprint density at radius 2 is 1.36 bits per heavy atom. The summed E-state index contributed by atoms with van der Waals surface area (Å²) in [4.78, 5) is 17.7. The van der Waals surface area contributed by atoms with Gasteiger partial charge in [0.05, 0.1) is 19.4 Å². The number of aromatic nitrogens is 1. The van der Waals surface area contributed by atoms with Gasteiger partial charge < -0.3 is 14.4 Å². The van der Waals surface area contributed by atoms with Gasteiger partial charge in [0, 0.05) is 12.4 Å². The lowest BCUT2D eigenvalue weighted by atomic mass is 9.73. The third kappa shape index (κ3) is 7.90. The topological polar surface area (TPSA) is 77.5 Å². The highest BCUT2D eigenvalue weighted by Crippen LogP contribution is 2.53. The number of hydrogen-bond acceptors (Lipinski definition) is 5. The number of nitrogens with one attached hydrogen (secondary N) is 1. The molecule has 0 fully saturated rings. The quantitative estimate of drug-likeness (QED) is 0.111. The van der Waals surface area contributed by atoms with Gasteiger partial charge in [0.15, 0.2) is 0 Å². The maximum absolute atomic E-state index is 13.9. The van der Waals surface area contributed by atoms with Crippen LogP contribution in [0.25, 0.3) is 11.1 Å². The highest BCUT2D eigenvalue weighted by molar-refractivity contribution is 7.53. The molecule has 5 rings (SSSR count). The lowest BCUT2D eigenvalue weighted by Gasteiger charge is -2.31. The first kappa shape index (κ1) is 32.6. The van der Waals surface area contributed by atoms with Crippen molar-refractivity contribution in [2.24, 2.45) is 0 Å². The van der Waals surface area contributed by atoms with Crippen LogP contribution in [0.4, 0.5) is 13.2 Å². The van der Waals surface area contributed by atoms with Crippen LogP contribution in [0.5, 0.6) is 0 Å². The first-order chi connectivity index (χ1) is 21.6. The van der Waals surface area contributed by atoms with Crippen molar-refractivity contribution in [3.63, 3.8) is 0 Å². The molecule has 1 amide bonds. The van der Waals surface area contributed by atoms with E-state index in [9.17, 15) is 22.5 Å². The molecular formula is C35H36F3N2O4P. The Morgan fingerprint density at radius 1 is 0.800 bits per heavy atom. The number of aryl methyl sites for hydroxylation is 1. The number of unbranched alkanes of at least 4 members (excludes halogenated alkanes) is 2. The average Bonchev–Trinajstić information content (AvgIpc) is 3.33. The lowest BCUT2D eigenvalue weighted by molar-refractivity contribution is -0.141. The largest absolute Gasteiger partial charge is 0.405 e. The van der Waals surface area contributed by atoms with Crippen LogP contribution in [0, 0.1) is 6.92 Å². The van der Waals surface area contributed by atoms with Crippen molar-refractivity contribution in [2.45, 2.75) is 57.4 Å². The molecule has 236 valence electrons. The van der Waals surface area contributed by atoms with Crippen molar-refractivity contribution in [1.82, 2.24) is 10.3 Å². The maximum Gasteiger partial charge on any atom is 0.405 e. The maximum atomic E-state index is 13.9. The van der Waals surface area contributed by atoms with Crippen molar-refractivity contribution < 1.29 is 31.6 Å². The zero-order chi connectivity index (χ0) is 31.9. The molecular weight excluding hydrogens is 600 g/mol. The lowest BCUT2D eigenvalue weighted by Crippen LogP contribution is -2.47. The molecule has 1 aromatic heterocycles. The number of hydrogen-bond donors (Lipinski definition) is 1. The minimum absolute atomic E-state index is 0.101. The fourth-order valence-corrected chi connectivity index (χ4v) is 7.47. The molecule has 0 aliphatic heterocycles. The van der Waals surface area contributed by atoms with E-state index in [2.05, 4.69) is 10.3 Å². The second-order valence-corrected chi connectivity index (χ2v) is 13.5. The molecule has 0 bridgehead atoms. The Morgan fingerprint density at radius 3 is 1.93 bits per heavy atom. The van der Waals surface area contributed by atoms with Crippen LogP contribution in [0.15, 0.2) is 97.3 Å². The molecule has 10 heteroatoms. The molecule has 0 spiro atoms. The number of carbonyl (C=O) groups excluding carboxylic acids is 1. The Bertz CT molecular complexity index is 1600. The minimum atomic E-state index is -4.54. The number of benzene rings is 3. The Balaban J connectivity index is 1.30. The number of alkyl halides is 3. The summed E-state index contributed by atoms with van der Waals surface area (Å²) in [5, 5.41) is 2.17. The number of halogens is 3. The summed E-state index contributed by atoms with van der Waals surface area (Å²) in [6.07, 6.45) is 0.726. The zero-order valence-electron chi connectivity index (χ0n) is 25.1. The van der Waals surface area contributed by atoms with Gasteiger partial charge in [-0.1, -0.05) is 91.2 Å². The number of nitrogens with zero attached hydrogens (tertiary/aromatic N) is 1. The summed E-state index contributed by atoms with van der Waals surface area (Å²) in [5.41, 5.74) is 4.59. The predicted octanol–water partition coefficient (Wildman–Crippen LogP) is 8.52. The van der Waals surface area contributed by atoms with E-state index in [1.807, 2.05) is 67.6 Å². The molecule has 0 saturated heterocycles. The van der Waals surface area contributed by atoms with E-state index >= 15 is 0 Å². The summed E-state index contributed by atoms with van der Waals surface area (Å²) >= 11 is 0. The number of fused-ring (bicyclic) bond motifs is 3. The molecule has 45 heavy (non-hydrogen) atoms. The molecule has 3 aromatic carbocycles. The van der Waals surface area contributed by atoms with Gasteiger partial charge in [-0.05, 0) is 65.3 Å². The summed E-state index contributed by atoms with van der Waals surface area (Å²) < 4.78 is 65.2. The molecule has 4 aromatic rings. The zero-order valence-corrected chi connectivity index (χ0v) is 26.0. The molecule has 1 atom stereocenters. The monoisotopic (exact) mass is 636 g/mol. The Hall–Kier alpha value is -3.78. The molecule has 0 radical (unpaired) electrons. The van der Waals surface area contributed by atoms with Gasteiger partial charge in [-0.25, -0.2) is 0 Å². The summed E-state index contributed by atoms with van der Waals surface area (Å²) in [6.45, 7) is 0.808. The van der Waals surface area contributed by atoms with Gasteiger partial charge in [-0.15, -0.1) is 0 Å². The third-order valence-electron chi connectivity index (χ3n) is 8.11. The van der Waals surface area contributed by atoms with Crippen LogP contribution in [-0.4, -0.2) is 29.8 Å². The van der Waals surface area contributed by atoms with Gasteiger partial charge in [-0.2, -0.15) is 13.2 Å². The van der Waals surface area contributed by atoms with Crippen molar-refractivity contribution in [3.8, 4) is 11.1 Å². The number of pyridine rings is 1. The number of amides is 1. The van der Waals surface area contributed by atoms with Crippen LogP contribution in [-0.2, 0) is 37.0 Å². The standard InChI is InChI=1S/C35H36F3N2O4P/c1-26-13-15-27(16-14-26)23-43-45(42,44-24-28-17-20-39-21-18-28)22-8-2-7-19-34(33(41)40-25-35(36,37)38)31-11-5-3-9-29(31)30-10-4-6-12-32(30)34/h3-6,9-18,20-21H,2,7-8,19,22-25H2,1H3,(H,40,41). The molecule has 1 unspecified atom stereocenters. The van der Waals surface area contributed by atoms with Crippen molar-refractivity contribution in [1.29, 1.82) is 0 Å². The highest BCUT2D eigenvalue weighted by Gasteiger charge is 2.49. The summed E-state index contributed by atoms with van der Waals surface area (Å²) in [5.74, 6) is -0.676. The average molecular weight is 637 g/mol. The van der Waals surface area contributed by atoms with Crippen molar-refractivity contribution in [3.05, 3.63) is 125 Å². The normalized spacial score (nSPS) is 14.8. The SMILES string of the molecule is Cc1ccc(COP(=O)(CCCCCC2(C(=O)NCC(F)(F)F)c3ccccc3-c3ccccc32)OCc2ccncc2)cc1. The van der Waals surface area contributed by atoms with E-state index in [1.54, 1.807) is 36.7 Å². The fourth-order valence-electron chi connectivity index (χ4n) is 5.83. The molecule has 1 aliphatic carbocycles. The van der Waals surface area contributed by atoms with Crippen molar-refractivity contribution >= 4 is 13.5 Å². The predicted molar refractivity (Wildman–Crippen MR) is 168 cm³/mol. The van der Waals surface area contributed by atoms with Gasteiger partial charge in [0.2, 0.25) is 5.91 Å². The molecule has 1 aliphatic rings. The molecule has 1 N–H and O–H groups in total. The van der Waals surface area contributed by atoms with E-state index in [4.69, 9.17) is 9.05 Å². The van der Waals surface area contributed by atoms with Gasteiger partial charge in [0.1, 0.15) is 12.0 Å². The van der Waals surface area contributed by atoms with Gasteiger partial charge in [-0.3, -0.25) is 14.3 Å². The summed E-state index contributed by atoms with van der Waals surface area (Å²) in [6, 6.07) is 26.1. The van der Waals surface area contributed by atoms with E-state index in [0.29, 0.717) is 30.4 Å². The smallest absolute Gasteiger partial charge is 0.346 e. The van der Waals surface area contributed by atoms with E-state index in [1.165, 1.54) is 0 Å². The second kappa shape index (κ2) is 14.1. The van der Waals surface area contributed by atoms with E-state index in [-0.39, 0.29) is 25.8 Å². The van der Waals surface area contributed by atoms with E-state index in [0.717, 1.165) is 27.8 Å². The third-order valence-corrected chi connectivity index (χ3v) is 10.0. The Kier molecular flexibility index (Phi) is 10.2. The van der Waals surface area contributed by atoms with Crippen LogP contribution in [0.2, 0.25) is 0 Å². The summed E-state index contributed by atoms with van der Waals surface area (Å²) in [7, 11) is -3.52. The second-order valence-electron chi connectivity index (χ2n) is 11.3. The molecule has 1 heterocycles. The van der Waals surface area contributed by atoms with Gasteiger partial charge >= 0.3 is 13.8 Å².